The van der Waals surface area contributed by atoms with Gasteiger partial charge in [0.1, 0.15) is 0 Å². The molecule has 1 heterocycles. The number of hydrogen-bond acceptors (Lipinski definition) is 1. The highest BCUT2D eigenvalue weighted by Gasteiger charge is 2.14. The Hall–Kier alpha value is 0.250. The molecule has 2 heteroatoms. The maximum absolute atomic E-state index is 5.72. The second-order valence-corrected chi connectivity index (χ2v) is 3.98. The topological polar surface area (TPSA) is 3.24 Å². The van der Waals surface area contributed by atoms with Crippen molar-refractivity contribution >= 4 is 11.6 Å². The summed E-state index contributed by atoms with van der Waals surface area (Å²) in [6.45, 7) is 2.53. The molecule has 1 nitrogen and oxygen atoms in total. The van der Waals surface area contributed by atoms with Crippen LogP contribution >= 0.6 is 11.6 Å². The van der Waals surface area contributed by atoms with Crippen molar-refractivity contribution in [3.8, 4) is 0 Å². The lowest BCUT2D eigenvalue weighted by Gasteiger charge is -2.18. The van der Waals surface area contributed by atoms with Gasteiger partial charge >= 0.3 is 0 Å². The van der Waals surface area contributed by atoms with E-state index in [1.165, 1.54) is 38.8 Å². The average Bonchev–Trinajstić information content (AvgIpc) is 2.15. The van der Waals surface area contributed by atoms with Crippen LogP contribution in [0.4, 0.5) is 0 Å². The first-order valence-electron chi connectivity index (χ1n) is 4.57. The van der Waals surface area contributed by atoms with Gasteiger partial charge in [-0.3, -0.25) is 0 Å². The Labute approximate surface area is 74.7 Å². The van der Waals surface area contributed by atoms with Gasteiger partial charge < -0.3 is 4.90 Å². The van der Waals surface area contributed by atoms with Crippen molar-refractivity contribution in [3.63, 3.8) is 0 Å². The normalized spacial score (nSPS) is 28.4. The van der Waals surface area contributed by atoms with Crippen molar-refractivity contribution in [2.45, 2.75) is 25.7 Å². The molecule has 0 bridgehead atoms. The summed E-state index contributed by atoms with van der Waals surface area (Å²) in [6.07, 6.45) is 5.35. The van der Waals surface area contributed by atoms with Gasteiger partial charge in [-0.25, -0.2) is 0 Å². The summed E-state index contributed by atoms with van der Waals surface area (Å²) in [7, 11) is 2.21. The fourth-order valence-electron chi connectivity index (χ4n) is 1.83. The summed E-state index contributed by atoms with van der Waals surface area (Å²) in [5.41, 5.74) is 0. The molecule has 66 valence electrons. The molecule has 0 saturated carbocycles. The number of alkyl halides is 1. The molecule has 1 fully saturated rings. The van der Waals surface area contributed by atoms with E-state index in [1.54, 1.807) is 0 Å². The van der Waals surface area contributed by atoms with Crippen molar-refractivity contribution < 1.29 is 0 Å². The number of nitrogens with zero attached hydrogens (tertiary/aromatic N) is 1. The second kappa shape index (κ2) is 5.00. The number of halogens is 1. The molecule has 11 heavy (non-hydrogen) atoms. The minimum Gasteiger partial charge on any atom is -0.306 e. The van der Waals surface area contributed by atoms with Gasteiger partial charge in [0.15, 0.2) is 0 Å². The summed E-state index contributed by atoms with van der Waals surface area (Å²) in [4.78, 5) is 2.43. The Balaban J connectivity index is 2.27. The van der Waals surface area contributed by atoms with E-state index in [4.69, 9.17) is 11.6 Å². The van der Waals surface area contributed by atoms with Gasteiger partial charge in [0.2, 0.25) is 0 Å². The lowest BCUT2D eigenvalue weighted by molar-refractivity contribution is 0.295. The molecule has 0 N–H and O–H groups in total. The fourth-order valence-corrected chi connectivity index (χ4v) is 2.14. The number of rotatable bonds is 2. The van der Waals surface area contributed by atoms with Gasteiger partial charge in [0.25, 0.3) is 0 Å². The first-order chi connectivity index (χ1) is 5.33. The van der Waals surface area contributed by atoms with Crippen LogP contribution in [0.25, 0.3) is 0 Å². The average molecular weight is 176 g/mol. The first kappa shape index (κ1) is 9.34. The summed E-state index contributed by atoms with van der Waals surface area (Å²) < 4.78 is 0. The third-order valence-corrected chi connectivity index (χ3v) is 2.71. The molecule has 0 aromatic rings. The Morgan fingerprint density at radius 3 is 3.00 bits per heavy atom. The van der Waals surface area contributed by atoms with E-state index in [2.05, 4.69) is 11.9 Å². The highest BCUT2D eigenvalue weighted by molar-refractivity contribution is 6.17. The van der Waals surface area contributed by atoms with Gasteiger partial charge in [0.05, 0.1) is 0 Å². The standard InChI is InChI=1S/C9H18ClN/c1-11-7-3-2-4-9(8-11)5-6-10/h9H,2-8H2,1H3. The van der Waals surface area contributed by atoms with Gasteiger partial charge in [-0.15, -0.1) is 11.6 Å². The summed E-state index contributed by atoms with van der Waals surface area (Å²) in [5.74, 6) is 1.69. The predicted octanol–water partition coefficient (Wildman–Crippen LogP) is 2.35. The van der Waals surface area contributed by atoms with Crippen molar-refractivity contribution in [1.29, 1.82) is 0 Å². The zero-order valence-electron chi connectivity index (χ0n) is 7.35. The highest BCUT2D eigenvalue weighted by atomic mass is 35.5. The Morgan fingerprint density at radius 1 is 1.45 bits per heavy atom. The highest BCUT2D eigenvalue weighted by Crippen LogP contribution is 2.18. The molecule has 1 rings (SSSR count). The van der Waals surface area contributed by atoms with Crippen molar-refractivity contribution in [3.05, 3.63) is 0 Å². The smallest absolute Gasteiger partial charge is 0.0226 e. The Bertz CT molecular complexity index is 106. The monoisotopic (exact) mass is 175 g/mol. The van der Waals surface area contributed by atoms with Gasteiger partial charge in [-0.05, 0) is 38.8 Å². The Kier molecular flexibility index (Phi) is 4.24. The largest absolute Gasteiger partial charge is 0.306 e. The summed E-state index contributed by atoms with van der Waals surface area (Å²) in [5, 5.41) is 0. The van der Waals surface area contributed by atoms with Crippen LogP contribution < -0.4 is 0 Å². The SMILES string of the molecule is CN1CCCCC(CCCl)C1. The molecule has 0 radical (unpaired) electrons. The zero-order chi connectivity index (χ0) is 8.10. The van der Waals surface area contributed by atoms with Gasteiger partial charge in [-0.2, -0.15) is 0 Å². The minimum atomic E-state index is 0.832. The van der Waals surface area contributed by atoms with Gasteiger partial charge in [-0.1, -0.05) is 6.42 Å². The van der Waals surface area contributed by atoms with E-state index < -0.39 is 0 Å². The van der Waals surface area contributed by atoms with E-state index >= 15 is 0 Å². The van der Waals surface area contributed by atoms with E-state index in [0.29, 0.717) is 0 Å². The van der Waals surface area contributed by atoms with Crippen LogP contribution in [0.1, 0.15) is 25.7 Å². The van der Waals surface area contributed by atoms with E-state index in [-0.39, 0.29) is 0 Å². The quantitative estimate of drug-likeness (QED) is 0.583. The van der Waals surface area contributed by atoms with Gasteiger partial charge in [0, 0.05) is 12.4 Å². The summed E-state index contributed by atoms with van der Waals surface area (Å²) in [6, 6.07) is 0. The van der Waals surface area contributed by atoms with Crippen molar-refractivity contribution in [1.82, 2.24) is 4.90 Å². The minimum absolute atomic E-state index is 0.832. The van der Waals surface area contributed by atoms with Crippen LogP contribution in [0.3, 0.4) is 0 Å². The van der Waals surface area contributed by atoms with E-state index in [0.717, 1.165) is 11.8 Å². The van der Waals surface area contributed by atoms with E-state index in [1.807, 2.05) is 0 Å². The fraction of sp³-hybridized carbons (Fsp3) is 1.00. The van der Waals surface area contributed by atoms with Crippen LogP contribution in [0.2, 0.25) is 0 Å². The maximum atomic E-state index is 5.72. The number of hydrogen-bond donors (Lipinski definition) is 0. The van der Waals surface area contributed by atoms with Crippen LogP contribution in [-0.2, 0) is 0 Å². The van der Waals surface area contributed by atoms with Crippen LogP contribution in [0.15, 0.2) is 0 Å². The predicted molar refractivity (Wildman–Crippen MR) is 50.2 cm³/mol. The van der Waals surface area contributed by atoms with Crippen LogP contribution in [0, 0.1) is 5.92 Å². The third kappa shape index (κ3) is 3.44. The second-order valence-electron chi connectivity index (χ2n) is 3.60. The van der Waals surface area contributed by atoms with Crippen LogP contribution in [-0.4, -0.2) is 30.9 Å². The lowest BCUT2D eigenvalue weighted by atomic mass is 10.0. The first-order valence-corrected chi connectivity index (χ1v) is 5.11. The zero-order valence-corrected chi connectivity index (χ0v) is 8.11. The number of likely N-dealkylation sites (tertiary alicyclic amines) is 1. The molecule has 1 aliphatic heterocycles. The van der Waals surface area contributed by atoms with Crippen molar-refractivity contribution in [2.75, 3.05) is 26.0 Å². The van der Waals surface area contributed by atoms with Crippen LogP contribution in [0.5, 0.6) is 0 Å². The molecule has 1 atom stereocenters. The van der Waals surface area contributed by atoms with Crippen molar-refractivity contribution in [2.24, 2.45) is 5.92 Å². The molecular formula is C9H18ClN. The Morgan fingerprint density at radius 2 is 2.27 bits per heavy atom. The molecule has 0 aromatic carbocycles. The molecule has 1 saturated heterocycles. The maximum Gasteiger partial charge on any atom is 0.0226 e. The van der Waals surface area contributed by atoms with E-state index in [9.17, 15) is 0 Å². The molecule has 0 amide bonds. The molecule has 1 unspecified atom stereocenters. The summed E-state index contributed by atoms with van der Waals surface area (Å²) >= 11 is 5.72. The lowest BCUT2D eigenvalue weighted by Crippen LogP contribution is -2.24. The molecule has 1 aliphatic rings. The third-order valence-electron chi connectivity index (χ3n) is 2.49. The molecule has 0 spiro atoms. The molecule has 0 aliphatic carbocycles. The molecular weight excluding hydrogens is 158 g/mol. The molecule has 0 aromatic heterocycles.